The molecule has 3 unspecified atom stereocenters. The van der Waals surface area contributed by atoms with E-state index in [1.165, 1.54) is 6.42 Å². The molecule has 0 aromatic heterocycles. The molecule has 1 fully saturated rings. The lowest BCUT2D eigenvalue weighted by Crippen LogP contribution is -2.47. The summed E-state index contributed by atoms with van der Waals surface area (Å²) in [6.07, 6.45) is 3.27. The molecule has 1 aliphatic carbocycles. The van der Waals surface area contributed by atoms with Crippen LogP contribution in [-0.2, 0) is 4.79 Å². The fourth-order valence-corrected chi connectivity index (χ4v) is 3.11. The minimum absolute atomic E-state index is 0.152. The number of nitrogens with zero attached hydrogens (tertiary/aromatic N) is 1. The summed E-state index contributed by atoms with van der Waals surface area (Å²) in [5, 5.41) is 10.2. The second-order valence-electron chi connectivity index (χ2n) is 5.61. The number of carbonyl (C=O) groups excluding carboxylic acids is 1. The van der Waals surface area contributed by atoms with Gasteiger partial charge in [-0.15, -0.1) is 0 Å². The third-order valence-corrected chi connectivity index (χ3v) is 4.37. The molecule has 4 nitrogen and oxygen atoms in total. The average Bonchev–Trinajstić information content (AvgIpc) is 2.53. The van der Waals surface area contributed by atoms with Crippen LogP contribution in [0.2, 0.25) is 0 Å². The maximum absolute atomic E-state index is 12.4. The van der Waals surface area contributed by atoms with E-state index < -0.39 is 6.10 Å². The largest absolute Gasteiger partial charge is 0.378 e. The molecule has 1 aliphatic rings. The minimum Gasteiger partial charge on any atom is -0.378 e. The Kier molecular flexibility index (Phi) is 5.15. The van der Waals surface area contributed by atoms with Gasteiger partial charge in [0.05, 0.1) is 0 Å². The molecule has 0 bridgehead atoms. The molecular formula is C16H24N2O2. The molecule has 0 saturated heterocycles. The van der Waals surface area contributed by atoms with Crippen molar-refractivity contribution in [3.05, 3.63) is 35.9 Å². The zero-order chi connectivity index (χ0) is 14.5. The summed E-state index contributed by atoms with van der Waals surface area (Å²) in [5.41, 5.74) is 6.46. The van der Waals surface area contributed by atoms with Gasteiger partial charge in [0, 0.05) is 13.1 Å². The molecule has 0 heterocycles. The van der Waals surface area contributed by atoms with Gasteiger partial charge >= 0.3 is 0 Å². The summed E-state index contributed by atoms with van der Waals surface area (Å²) in [4.78, 5) is 14.1. The summed E-state index contributed by atoms with van der Waals surface area (Å²) in [6.45, 7) is 0.601. The first-order valence-corrected chi connectivity index (χ1v) is 7.35. The summed E-state index contributed by atoms with van der Waals surface area (Å²) < 4.78 is 0. The van der Waals surface area contributed by atoms with E-state index in [4.69, 9.17) is 5.73 Å². The number of carbonyl (C=O) groups is 1. The standard InChI is InChI=1S/C16H24N2O2/c1-18(14-10-6-5-9-13(14)11-17)16(20)15(19)12-7-3-2-4-8-12/h2-4,7-8,13-15,19H,5-6,9-11,17H2,1H3. The van der Waals surface area contributed by atoms with Crippen LogP contribution in [0.3, 0.4) is 0 Å². The van der Waals surface area contributed by atoms with Gasteiger partial charge in [0.2, 0.25) is 0 Å². The van der Waals surface area contributed by atoms with Crippen LogP contribution in [0.1, 0.15) is 37.4 Å². The zero-order valence-electron chi connectivity index (χ0n) is 12.0. The van der Waals surface area contributed by atoms with Crippen LogP contribution in [0, 0.1) is 5.92 Å². The maximum atomic E-state index is 12.4. The van der Waals surface area contributed by atoms with Crippen molar-refractivity contribution in [2.45, 2.75) is 37.8 Å². The Balaban J connectivity index is 2.07. The third-order valence-electron chi connectivity index (χ3n) is 4.37. The van der Waals surface area contributed by atoms with Crippen molar-refractivity contribution in [3.8, 4) is 0 Å². The molecule has 1 aromatic carbocycles. The Morgan fingerprint density at radius 3 is 2.65 bits per heavy atom. The number of aliphatic hydroxyl groups excluding tert-OH is 1. The highest BCUT2D eigenvalue weighted by Crippen LogP contribution is 2.28. The van der Waals surface area contributed by atoms with Gasteiger partial charge in [-0.3, -0.25) is 4.79 Å². The van der Waals surface area contributed by atoms with Crippen LogP contribution >= 0.6 is 0 Å². The van der Waals surface area contributed by atoms with Crippen LogP contribution in [-0.4, -0.2) is 35.5 Å². The lowest BCUT2D eigenvalue weighted by atomic mass is 9.83. The topological polar surface area (TPSA) is 66.6 Å². The SMILES string of the molecule is CN(C(=O)C(O)c1ccccc1)C1CCCCC1CN. The number of amides is 1. The molecular weight excluding hydrogens is 252 g/mol. The van der Waals surface area contributed by atoms with Gasteiger partial charge in [-0.05, 0) is 30.9 Å². The monoisotopic (exact) mass is 276 g/mol. The molecule has 0 radical (unpaired) electrons. The Labute approximate surface area is 120 Å². The van der Waals surface area contributed by atoms with Crippen molar-refractivity contribution >= 4 is 5.91 Å². The second kappa shape index (κ2) is 6.86. The van der Waals surface area contributed by atoms with Crippen molar-refractivity contribution in [1.29, 1.82) is 0 Å². The second-order valence-corrected chi connectivity index (χ2v) is 5.61. The van der Waals surface area contributed by atoms with E-state index in [-0.39, 0.29) is 11.9 Å². The lowest BCUT2D eigenvalue weighted by Gasteiger charge is -2.38. The first-order valence-electron chi connectivity index (χ1n) is 7.35. The molecule has 20 heavy (non-hydrogen) atoms. The van der Waals surface area contributed by atoms with Gasteiger partial charge in [0.15, 0.2) is 6.10 Å². The number of hydrogen-bond donors (Lipinski definition) is 2. The molecule has 4 heteroatoms. The van der Waals surface area contributed by atoms with E-state index in [2.05, 4.69) is 0 Å². The normalized spacial score (nSPS) is 24.1. The van der Waals surface area contributed by atoms with Crippen molar-refractivity contribution < 1.29 is 9.90 Å². The highest BCUT2D eigenvalue weighted by molar-refractivity contribution is 5.82. The van der Waals surface area contributed by atoms with Gasteiger partial charge < -0.3 is 15.7 Å². The van der Waals surface area contributed by atoms with Crippen LogP contribution < -0.4 is 5.73 Å². The smallest absolute Gasteiger partial charge is 0.256 e. The number of aliphatic hydroxyl groups is 1. The van der Waals surface area contributed by atoms with Crippen LogP contribution in [0.5, 0.6) is 0 Å². The van der Waals surface area contributed by atoms with Crippen molar-refractivity contribution in [1.82, 2.24) is 4.90 Å². The fraction of sp³-hybridized carbons (Fsp3) is 0.562. The van der Waals surface area contributed by atoms with Crippen LogP contribution in [0.15, 0.2) is 30.3 Å². The first kappa shape index (κ1) is 15.0. The quantitative estimate of drug-likeness (QED) is 0.879. The van der Waals surface area contributed by atoms with E-state index in [0.717, 1.165) is 19.3 Å². The molecule has 0 aliphatic heterocycles. The lowest BCUT2D eigenvalue weighted by molar-refractivity contribution is -0.143. The predicted molar refractivity (Wildman–Crippen MR) is 79.0 cm³/mol. The molecule has 3 N–H and O–H groups in total. The van der Waals surface area contributed by atoms with E-state index >= 15 is 0 Å². The highest BCUT2D eigenvalue weighted by atomic mass is 16.3. The Bertz CT molecular complexity index is 435. The minimum atomic E-state index is -1.08. The first-order chi connectivity index (χ1) is 9.65. The average molecular weight is 276 g/mol. The molecule has 1 aromatic rings. The Morgan fingerprint density at radius 1 is 1.35 bits per heavy atom. The Hall–Kier alpha value is -1.39. The number of rotatable bonds is 4. The highest BCUT2D eigenvalue weighted by Gasteiger charge is 2.32. The molecule has 1 saturated carbocycles. The van der Waals surface area contributed by atoms with E-state index in [9.17, 15) is 9.90 Å². The Morgan fingerprint density at radius 2 is 2.00 bits per heavy atom. The van der Waals surface area contributed by atoms with Gasteiger partial charge in [-0.1, -0.05) is 43.2 Å². The van der Waals surface area contributed by atoms with Gasteiger partial charge in [-0.25, -0.2) is 0 Å². The van der Waals surface area contributed by atoms with Crippen molar-refractivity contribution in [2.75, 3.05) is 13.6 Å². The maximum Gasteiger partial charge on any atom is 0.256 e. The van der Waals surface area contributed by atoms with E-state index in [1.807, 2.05) is 18.2 Å². The fourth-order valence-electron chi connectivity index (χ4n) is 3.11. The predicted octanol–water partition coefficient (Wildman–Crippen LogP) is 1.70. The molecule has 3 atom stereocenters. The summed E-state index contributed by atoms with van der Waals surface area (Å²) in [5.74, 6) is 0.113. The number of likely N-dealkylation sites (N-methyl/N-ethyl adjacent to an activating group) is 1. The molecule has 1 amide bonds. The summed E-state index contributed by atoms with van der Waals surface area (Å²) in [6, 6.07) is 9.23. The summed E-state index contributed by atoms with van der Waals surface area (Å²) in [7, 11) is 1.78. The van der Waals surface area contributed by atoms with Crippen LogP contribution in [0.25, 0.3) is 0 Å². The number of hydrogen-bond acceptors (Lipinski definition) is 3. The van der Waals surface area contributed by atoms with Gasteiger partial charge in [-0.2, -0.15) is 0 Å². The number of nitrogens with two attached hydrogens (primary N) is 1. The van der Waals surface area contributed by atoms with Crippen molar-refractivity contribution in [2.24, 2.45) is 11.7 Å². The van der Waals surface area contributed by atoms with Crippen LogP contribution in [0.4, 0.5) is 0 Å². The van der Waals surface area contributed by atoms with Gasteiger partial charge in [0.25, 0.3) is 5.91 Å². The van der Waals surface area contributed by atoms with Crippen molar-refractivity contribution in [3.63, 3.8) is 0 Å². The molecule has 2 rings (SSSR count). The zero-order valence-corrected chi connectivity index (χ0v) is 12.0. The van der Waals surface area contributed by atoms with E-state index in [1.54, 1.807) is 24.1 Å². The van der Waals surface area contributed by atoms with E-state index in [0.29, 0.717) is 18.0 Å². The van der Waals surface area contributed by atoms with Gasteiger partial charge in [0.1, 0.15) is 0 Å². The third kappa shape index (κ3) is 3.19. The molecule has 0 spiro atoms. The molecule has 110 valence electrons. The number of benzene rings is 1. The summed E-state index contributed by atoms with van der Waals surface area (Å²) >= 11 is 0.